The van der Waals surface area contributed by atoms with Crippen molar-refractivity contribution in [3.63, 3.8) is 0 Å². The lowest BCUT2D eigenvalue weighted by atomic mass is 10.1. The normalized spacial score (nSPS) is 10.6. The Balaban J connectivity index is 2.45. The highest BCUT2D eigenvalue weighted by Crippen LogP contribution is 2.17. The predicted octanol–water partition coefficient (Wildman–Crippen LogP) is 1.70. The highest BCUT2D eigenvalue weighted by Gasteiger charge is 2.02. The van der Waals surface area contributed by atoms with E-state index in [0.717, 1.165) is 26.0 Å². The number of hydrogen-bond donors (Lipinski definition) is 1. The molecule has 0 radical (unpaired) electrons. The molecule has 0 unspecified atom stereocenters. The quantitative estimate of drug-likeness (QED) is 0.753. The topological polar surface area (TPSA) is 21.3 Å². The van der Waals surface area contributed by atoms with E-state index in [1.807, 2.05) is 18.4 Å². The molecule has 1 heterocycles. The van der Waals surface area contributed by atoms with Crippen molar-refractivity contribution in [2.75, 3.05) is 27.3 Å². The van der Waals surface area contributed by atoms with Crippen molar-refractivity contribution in [1.82, 2.24) is 5.32 Å². The van der Waals surface area contributed by atoms with Gasteiger partial charge in [-0.3, -0.25) is 0 Å². The maximum Gasteiger partial charge on any atom is 0.0503 e. The Morgan fingerprint density at radius 2 is 2.31 bits per heavy atom. The van der Waals surface area contributed by atoms with E-state index in [1.165, 1.54) is 10.4 Å². The van der Waals surface area contributed by atoms with Gasteiger partial charge in [-0.15, -0.1) is 11.3 Å². The van der Waals surface area contributed by atoms with Crippen LogP contribution in [-0.2, 0) is 17.6 Å². The van der Waals surface area contributed by atoms with Gasteiger partial charge in [0.05, 0.1) is 6.61 Å². The van der Waals surface area contributed by atoms with Gasteiger partial charge in [0.2, 0.25) is 0 Å². The van der Waals surface area contributed by atoms with Crippen molar-refractivity contribution in [1.29, 1.82) is 0 Å². The van der Waals surface area contributed by atoms with Gasteiger partial charge in [0.15, 0.2) is 0 Å². The first-order valence-corrected chi connectivity index (χ1v) is 5.45. The average Bonchev–Trinajstić information content (AvgIpc) is 2.59. The standard InChI is InChI=1S/C10H17NOS/c1-11-6-3-10-9(4-7-12-2)5-8-13-10/h5,8,11H,3-4,6-7H2,1-2H3. The highest BCUT2D eigenvalue weighted by atomic mass is 32.1. The fourth-order valence-electron chi connectivity index (χ4n) is 1.26. The van der Waals surface area contributed by atoms with E-state index in [2.05, 4.69) is 16.8 Å². The van der Waals surface area contributed by atoms with Gasteiger partial charge in [-0.05, 0) is 43.4 Å². The fraction of sp³-hybridized carbons (Fsp3) is 0.600. The number of methoxy groups -OCH3 is 1. The van der Waals surface area contributed by atoms with Gasteiger partial charge < -0.3 is 10.1 Å². The predicted molar refractivity (Wildman–Crippen MR) is 57.5 cm³/mol. The molecule has 13 heavy (non-hydrogen) atoms. The molecule has 0 aliphatic rings. The Hall–Kier alpha value is -0.380. The highest BCUT2D eigenvalue weighted by molar-refractivity contribution is 7.10. The second kappa shape index (κ2) is 6.13. The van der Waals surface area contributed by atoms with Crippen molar-refractivity contribution >= 4 is 11.3 Å². The van der Waals surface area contributed by atoms with Crippen molar-refractivity contribution in [3.8, 4) is 0 Å². The van der Waals surface area contributed by atoms with E-state index < -0.39 is 0 Å². The summed E-state index contributed by atoms with van der Waals surface area (Å²) >= 11 is 1.84. The van der Waals surface area contributed by atoms with Crippen LogP contribution in [-0.4, -0.2) is 27.3 Å². The third kappa shape index (κ3) is 3.46. The number of thiophene rings is 1. The van der Waals surface area contributed by atoms with E-state index in [4.69, 9.17) is 4.74 Å². The molecule has 1 aromatic rings. The molecule has 0 fully saturated rings. The SMILES string of the molecule is CNCCc1sccc1CCOC. The Kier molecular flexibility index (Phi) is 5.05. The summed E-state index contributed by atoms with van der Waals surface area (Å²) < 4.78 is 5.06. The number of hydrogen-bond acceptors (Lipinski definition) is 3. The van der Waals surface area contributed by atoms with Crippen molar-refractivity contribution in [2.45, 2.75) is 12.8 Å². The molecule has 0 amide bonds. The van der Waals surface area contributed by atoms with Gasteiger partial charge in [0, 0.05) is 12.0 Å². The number of ether oxygens (including phenoxy) is 1. The van der Waals surface area contributed by atoms with Crippen molar-refractivity contribution < 1.29 is 4.74 Å². The van der Waals surface area contributed by atoms with Gasteiger partial charge in [-0.25, -0.2) is 0 Å². The summed E-state index contributed by atoms with van der Waals surface area (Å²) in [7, 11) is 3.74. The molecule has 0 aliphatic heterocycles. The van der Waals surface area contributed by atoms with Crippen molar-refractivity contribution in [3.05, 3.63) is 21.9 Å². The summed E-state index contributed by atoms with van der Waals surface area (Å²) in [6.07, 6.45) is 2.17. The summed E-state index contributed by atoms with van der Waals surface area (Å²) in [6.45, 7) is 1.88. The fourth-order valence-corrected chi connectivity index (χ4v) is 2.20. The lowest BCUT2D eigenvalue weighted by Crippen LogP contribution is -2.10. The van der Waals surface area contributed by atoms with Crippen LogP contribution in [0.2, 0.25) is 0 Å². The lowest BCUT2D eigenvalue weighted by Gasteiger charge is -2.02. The van der Waals surface area contributed by atoms with E-state index >= 15 is 0 Å². The molecule has 74 valence electrons. The van der Waals surface area contributed by atoms with E-state index in [0.29, 0.717) is 0 Å². The number of rotatable bonds is 6. The molecule has 0 spiro atoms. The zero-order chi connectivity index (χ0) is 9.52. The molecule has 0 saturated heterocycles. The van der Waals surface area contributed by atoms with Crippen LogP contribution < -0.4 is 5.32 Å². The molecule has 2 nitrogen and oxygen atoms in total. The number of likely N-dealkylation sites (N-methyl/N-ethyl adjacent to an activating group) is 1. The molecule has 1 N–H and O–H groups in total. The van der Waals surface area contributed by atoms with E-state index in [9.17, 15) is 0 Å². The average molecular weight is 199 g/mol. The van der Waals surface area contributed by atoms with Gasteiger partial charge in [0.1, 0.15) is 0 Å². The molecule has 0 aromatic carbocycles. The van der Waals surface area contributed by atoms with E-state index in [-0.39, 0.29) is 0 Å². The maximum absolute atomic E-state index is 5.06. The zero-order valence-corrected chi connectivity index (χ0v) is 9.12. The van der Waals surface area contributed by atoms with Crippen LogP contribution in [0.4, 0.5) is 0 Å². The lowest BCUT2D eigenvalue weighted by molar-refractivity contribution is 0.202. The van der Waals surface area contributed by atoms with Gasteiger partial charge in [-0.2, -0.15) is 0 Å². The molecule has 3 heteroatoms. The van der Waals surface area contributed by atoms with Crippen LogP contribution in [0.15, 0.2) is 11.4 Å². The Bertz CT molecular complexity index is 212. The molecule has 0 saturated carbocycles. The summed E-state index contributed by atoms with van der Waals surface area (Å²) in [6, 6.07) is 2.20. The Labute approximate surface area is 83.9 Å². The minimum atomic E-state index is 0.823. The third-order valence-corrected chi connectivity index (χ3v) is 3.04. The van der Waals surface area contributed by atoms with Gasteiger partial charge >= 0.3 is 0 Å². The first-order valence-electron chi connectivity index (χ1n) is 4.57. The molecule has 0 aliphatic carbocycles. The first-order chi connectivity index (χ1) is 6.38. The molecule has 1 aromatic heterocycles. The van der Waals surface area contributed by atoms with Crippen LogP contribution in [0, 0.1) is 0 Å². The van der Waals surface area contributed by atoms with Gasteiger partial charge in [-0.1, -0.05) is 0 Å². The van der Waals surface area contributed by atoms with Crippen LogP contribution in [0.3, 0.4) is 0 Å². The second-order valence-electron chi connectivity index (χ2n) is 2.97. The monoisotopic (exact) mass is 199 g/mol. The summed E-state index contributed by atoms with van der Waals surface area (Å²) in [5.74, 6) is 0. The number of nitrogens with one attached hydrogen (secondary N) is 1. The molecule has 0 atom stereocenters. The van der Waals surface area contributed by atoms with Crippen LogP contribution in [0.5, 0.6) is 0 Å². The minimum absolute atomic E-state index is 0.823. The third-order valence-electron chi connectivity index (χ3n) is 2.02. The Morgan fingerprint density at radius 1 is 1.46 bits per heavy atom. The van der Waals surface area contributed by atoms with Crippen LogP contribution in [0.25, 0.3) is 0 Å². The maximum atomic E-state index is 5.06. The smallest absolute Gasteiger partial charge is 0.0503 e. The van der Waals surface area contributed by atoms with Crippen molar-refractivity contribution in [2.24, 2.45) is 0 Å². The Morgan fingerprint density at radius 3 is 3.00 bits per heavy atom. The largest absolute Gasteiger partial charge is 0.384 e. The summed E-state index contributed by atoms with van der Waals surface area (Å²) in [4.78, 5) is 1.49. The summed E-state index contributed by atoms with van der Waals surface area (Å²) in [5.41, 5.74) is 1.45. The summed E-state index contributed by atoms with van der Waals surface area (Å²) in [5, 5.41) is 5.33. The van der Waals surface area contributed by atoms with Crippen LogP contribution in [0.1, 0.15) is 10.4 Å². The second-order valence-corrected chi connectivity index (χ2v) is 3.97. The first kappa shape index (κ1) is 10.7. The molecular formula is C10H17NOS. The molecular weight excluding hydrogens is 182 g/mol. The van der Waals surface area contributed by atoms with Gasteiger partial charge in [0.25, 0.3) is 0 Å². The molecule has 1 rings (SSSR count). The van der Waals surface area contributed by atoms with Crippen LogP contribution >= 0.6 is 11.3 Å². The van der Waals surface area contributed by atoms with E-state index in [1.54, 1.807) is 7.11 Å². The molecule has 0 bridgehead atoms. The zero-order valence-electron chi connectivity index (χ0n) is 8.30. The minimum Gasteiger partial charge on any atom is -0.384 e.